The van der Waals surface area contributed by atoms with Crippen LogP contribution in [-0.4, -0.2) is 12.2 Å². The van der Waals surface area contributed by atoms with Crippen molar-refractivity contribution in [3.63, 3.8) is 0 Å². The Bertz CT molecular complexity index is 270. The smallest absolute Gasteiger partial charge is 0.0841 e. The summed E-state index contributed by atoms with van der Waals surface area (Å²) in [4.78, 5) is 0. The Morgan fingerprint density at radius 3 is 1.29 bits per heavy atom. The van der Waals surface area contributed by atoms with Crippen molar-refractivity contribution in [2.24, 2.45) is 0 Å². The normalized spacial score (nSPS) is 30.1. The van der Waals surface area contributed by atoms with Crippen LogP contribution >= 0.6 is 0 Å². The minimum absolute atomic E-state index is 0.703. The average molecular weight is 230 g/mol. The Morgan fingerprint density at radius 1 is 0.647 bits per heavy atom. The van der Waals surface area contributed by atoms with Crippen molar-refractivity contribution >= 4 is 0 Å². The zero-order valence-corrected chi connectivity index (χ0v) is 10.4. The quantitative estimate of drug-likeness (QED) is 0.564. The first-order chi connectivity index (χ1) is 8.47. The van der Waals surface area contributed by atoms with E-state index in [0.717, 1.165) is 12.8 Å². The Balaban J connectivity index is 0.0000000980. The number of hydrogen-bond acceptors (Lipinski definition) is 1. The lowest BCUT2D eigenvalue weighted by atomic mass is 10.0. The SMILES string of the molecule is C1=CCC=C1.C1=CCC=C1.C1CCC2OC2C1. The third-order valence-electron chi connectivity index (χ3n) is 3.23. The molecule has 1 heterocycles. The highest BCUT2D eigenvalue weighted by atomic mass is 16.6. The molecule has 0 amide bonds. The molecule has 0 aromatic heterocycles. The predicted octanol–water partition coefficient (Wildman–Crippen LogP) is 4.33. The third-order valence-corrected chi connectivity index (χ3v) is 3.23. The van der Waals surface area contributed by atoms with Crippen molar-refractivity contribution < 1.29 is 4.74 Å². The van der Waals surface area contributed by atoms with Crippen molar-refractivity contribution in [1.29, 1.82) is 0 Å². The van der Waals surface area contributed by atoms with E-state index in [1.54, 1.807) is 0 Å². The predicted molar refractivity (Wildman–Crippen MR) is 72.9 cm³/mol. The maximum absolute atomic E-state index is 5.28. The first kappa shape index (κ1) is 12.4. The van der Waals surface area contributed by atoms with Crippen molar-refractivity contribution in [3.8, 4) is 0 Å². The van der Waals surface area contributed by atoms with Crippen molar-refractivity contribution in [2.45, 2.75) is 50.7 Å². The molecule has 0 spiro atoms. The molecule has 2 atom stereocenters. The number of hydrogen-bond donors (Lipinski definition) is 0. The topological polar surface area (TPSA) is 12.5 Å². The van der Waals surface area contributed by atoms with E-state index >= 15 is 0 Å². The van der Waals surface area contributed by atoms with Gasteiger partial charge in [-0.15, -0.1) is 0 Å². The highest BCUT2D eigenvalue weighted by molar-refractivity contribution is 5.12. The lowest BCUT2D eigenvalue weighted by Crippen LogP contribution is -2.00. The van der Waals surface area contributed by atoms with Crippen LogP contribution in [0.4, 0.5) is 0 Å². The van der Waals surface area contributed by atoms with Gasteiger partial charge in [-0.2, -0.15) is 0 Å². The molecule has 0 radical (unpaired) electrons. The molecule has 1 saturated heterocycles. The molecule has 0 aromatic rings. The highest BCUT2D eigenvalue weighted by Gasteiger charge is 2.39. The maximum atomic E-state index is 5.28. The first-order valence-corrected chi connectivity index (χ1v) is 6.75. The lowest BCUT2D eigenvalue weighted by Gasteiger charge is -2.00. The first-order valence-electron chi connectivity index (χ1n) is 6.75. The van der Waals surface area contributed by atoms with Gasteiger partial charge in [0.05, 0.1) is 12.2 Å². The second kappa shape index (κ2) is 7.29. The molecular formula is C16H22O. The molecule has 1 aliphatic heterocycles. The number of epoxide rings is 1. The number of ether oxygens (including phenoxy) is 1. The Morgan fingerprint density at radius 2 is 1.06 bits per heavy atom. The van der Waals surface area contributed by atoms with Crippen LogP contribution in [-0.2, 0) is 4.74 Å². The molecule has 17 heavy (non-hydrogen) atoms. The van der Waals surface area contributed by atoms with Crippen LogP contribution in [0.2, 0.25) is 0 Å². The second-order valence-electron chi connectivity index (χ2n) is 4.68. The summed E-state index contributed by atoms with van der Waals surface area (Å²) in [5, 5.41) is 0. The fraction of sp³-hybridized carbons (Fsp3) is 0.500. The monoisotopic (exact) mass is 230 g/mol. The van der Waals surface area contributed by atoms with Gasteiger partial charge in [-0.05, 0) is 25.7 Å². The summed E-state index contributed by atoms with van der Waals surface area (Å²) in [7, 11) is 0. The minimum atomic E-state index is 0.703. The highest BCUT2D eigenvalue weighted by Crippen LogP contribution is 2.35. The summed E-state index contributed by atoms with van der Waals surface area (Å²) in [5.41, 5.74) is 0. The van der Waals surface area contributed by atoms with Crippen LogP contribution in [0.3, 0.4) is 0 Å². The van der Waals surface area contributed by atoms with Gasteiger partial charge in [0.1, 0.15) is 0 Å². The van der Waals surface area contributed by atoms with Gasteiger partial charge in [-0.25, -0.2) is 0 Å². The fourth-order valence-corrected chi connectivity index (χ4v) is 2.16. The maximum Gasteiger partial charge on any atom is 0.0841 e. The fourth-order valence-electron chi connectivity index (χ4n) is 2.16. The van der Waals surface area contributed by atoms with Gasteiger partial charge in [0, 0.05) is 0 Å². The molecular weight excluding hydrogens is 208 g/mol. The van der Waals surface area contributed by atoms with Crippen LogP contribution in [0.5, 0.6) is 0 Å². The van der Waals surface area contributed by atoms with Crippen LogP contribution in [0.1, 0.15) is 38.5 Å². The summed E-state index contributed by atoms with van der Waals surface area (Å²) < 4.78 is 5.28. The molecule has 1 heteroatoms. The number of fused-ring (bicyclic) bond motifs is 1. The van der Waals surface area contributed by atoms with Gasteiger partial charge in [0.15, 0.2) is 0 Å². The lowest BCUT2D eigenvalue weighted by molar-refractivity contribution is 0.373. The molecule has 2 unspecified atom stereocenters. The van der Waals surface area contributed by atoms with Gasteiger partial charge in [0.25, 0.3) is 0 Å². The van der Waals surface area contributed by atoms with Crippen LogP contribution in [0.25, 0.3) is 0 Å². The van der Waals surface area contributed by atoms with Gasteiger partial charge in [-0.3, -0.25) is 0 Å². The summed E-state index contributed by atoms with van der Waals surface area (Å²) in [6.45, 7) is 0. The minimum Gasteiger partial charge on any atom is -0.370 e. The Hall–Kier alpha value is -1.08. The Kier molecular flexibility index (Phi) is 5.31. The molecule has 1 nitrogen and oxygen atoms in total. The zero-order valence-electron chi connectivity index (χ0n) is 10.4. The number of allylic oxidation sites excluding steroid dienone is 8. The molecule has 0 N–H and O–H groups in total. The van der Waals surface area contributed by atoms with Crippen LogP contribution in [0, 0.1) is 0 Å². The summed E-state index contributed by atoms with van der Waals surface area (Å²) in [6, 6.07) is 0. The molecule has 4 aliphatic rings. The second-order valence-corrected chi connectivity index (χ2v) is 4.68. The van der Waals surface area contributed by atoms with Gasteiger partial charge in [0.2, 0.25) is 0 Å². The van der Waals surface area contributed by atoms with E-state index in [2.05, 4.69) is 48.6 Å². The molecule has 4 rings (SSSR count). The third kappa shape index (κ3) is 5.18. The summed E-state index contributed by atoms with van der Waals surface area (Å²) >= 11 is 0. The molecule has 2 fully saturated rings. The van der Waals surface area contributed by atoms with Gasteiger partial charge >= 0.3 is 0 Å². The van der Waals surface area contributed by atoms with E-state index in [0.29, 0.717) is 12.2 Å². The van der Waals surface area contributed by atoms with Gasteiger partial charge in [-0.1, -0.05) is 61.4 Å². The van der Waals surface area contributed by atoms with E-state index in [-0.39, 0.29) is 0 Å². The van der Waals surface area contributed by atoms with E-state index in [1.807, 2.05) is 0 Å². The molecule has 0 bridgehead atoms. The molecule has 3 aliphatic carbocycles. The summed E-state index contributed by atoms with van der Waals surface area (Å²) in [6.07, 6.45) is 25.9. The summed E-state index contributed by atoms with van der Waals surface area (Å²) in [5.74, 6) is 0. The van der Waals surface area contributed by atoms with Crippen LogP contribution in [0.15, 0.2) is 48.6 Å². The van der Waals surface area contributed by atoms with E-state index in [4.69, 9.17) is 4.74 Å². The van der Waals surface area contributed by atoms with E-state index < -0.39 is 0 Å². The number of rotatable bonds is 0. The van der Waals surface area contributed by atoms with Gasteiger partial charge < -0.3 is 4.74 Å². The average Bonchev–Trinajstić information content (AvgIpc) is 2.89. The molecule has 1 saturated carbocycles. The van der Waals surface area contributed by atoms with Crippen molar-refractivity contribution in [2.75, 3.05) is 0 Å². The Labute approximate surface area is 105 Å². The van der Waals surface area contributed by atoms with Crippen LogP contribution < -0.4 is 0 Å². The van der Waals surface area contributed by atoms with E-state index in [1.165, 1.54) is 25.7 Å². The largest absolute Gasteiger partial charge is 0.370 e. The molecule has 0 aromatic carbocycles. The van der Waals surface area contributed by atoms with Crippen molar-refractivity contribution in [3.05, 3.63) is 48.6 Å². The molecule has 92 valence electrons. The van der Waals surface area contributed by atoms with Crippen molar-refractivity contribution in [1.82, 2.24) is 0 Å². The zero-order chi connectivity index (χ0) is 11.8. The van der Waals surface area contributed by atoms with E-state index in [9.17, 15) is 0 Å². The standard InChI is InChI=1S/C6H10O.2C5H6/c1-2-4-6-5(3-1)7-6;2*1-2-4-5-3-1/h5-6H,1-4H2;2*1-4H,5H2.